The molecular weight excluding hydrogens is 736 g/mol. The van der Waals surface area contributed by atoms with Gasteiger partial charge in [-0.25, -0.2) is 4.79 Å². The molecule has 2 N–H and O–H groups in total. The van der Waals surface area contributed by atoms with Crippen LogP contribution < -0.4 is 14.8 Å². The summed E-state index contributed by atoms with van der Waals surface area (Å²) in [7, 11) is 1.64. The molecule has 0 aromatic heterocycles. The smallest absolute Gasteiger partial charge is 0.411 e. The molecule has 2 amide bonds. The Morgan fingerprint density at radius 2 is 1.63 bits per heavy atom. The fourth-order valence-electron chi connectivity index (χ4n) is 6.20. The molecule has 5 rings (SSSR count). The molecule has 2 unspecified atom stereocenters. The number of carbonyl (C=O) groups is 2. The lowest BCUT2D eigenvalue weighted by molar-refractivity contribution is -0.128. The van der Waals surface area contributed by atoms with Gasteiger partial charge < -0.3 is 29.5 Å². The van der Waals surface area contributed by atoms with E-state index in [1.54, 1.807) is 11.9 Å². The number of ether oxygens (including phenoxy) is 3. The number of aliphatic hydroxyl groups excluding tert-OH is 1. The van der Waals surface area contributed by atoms with Crippen molar-refractivity contribution in [2.24, 2.45) is 0 Å². The van der Waals surface area contributed by atoms with Gasteiger partial charge in [-0.1, -0.05) is 88.9 Å². The van der Waals surface area contributed by atoms with E-state index in [4.69, 9.17) is 60.6 Å². The molecule has 0 spiro atoms. The maximum Gasteiger partial charge on any atom is 0.411 e. The van der Waals surface area contributed by atoms with Crippen LogP contribution in [0.1, 0.15) is 48.6 Å². The zero-order chi connectivity index (χ0) is 37.1. The second kappa shape index (κ2) is 16.2. The van der Waals surface area contributed by atoms with Crippen LogP contribution in [0, 0.1) is 13.8 Å². The number of aryl methyl sites for hydroxylation is 2. The van der Waals surface area contributed by atoms with Crippen LogP contribution in [-0.2, 0) is 9.53 Å². The fraction of sp³-hybridized carbons (Fsp3) is 0.421. The Hall–Kier alpha value is -3.18. The van der Waals surface area contributed by atoms with Crippen molar-refractivity contribution in [2.75, 3.05) is 39.9 Å². The summed E-state index contributed by atoms with van der Waals surface area (Å²) in [5, 5.41) is 14.9. The average Bonchev–Trinajstić information content (AvgIpc) is 3.08. The zero-order valence-corrected chi connectivity index (χ0v) is 32.2. The standard InChI is InChI=1S/C38H43Cl4N3O6/c1-23-17-30(39)33(18-24(23)2)50-16-15-49-28-13-11-25(12-14-28)29-19-27-20-43-21-31(45(27)36(48)51-37(3,4)38(40,41)42)34(29)35(47)44(5)22-32(46)26-9-7-6-8-10-26/h6-14,17-18,27,31-32,43,46H,15-16,19-22H2,1-5H3/t27?,31?,32-/m1/s1. The second-order valence-corrected chi connectivity index (χ2v) is 16.1. The molecule has 2 heterocycles. The first kappa shape index (κ1) is 39.0. The van der Waals surface area contributed by atoms with E-state index >= 15 is 0 Å². The number of benzene rings is 3. The highest BCUT2D eigenvalue weighted by Crippen LogP contribution is 2.43. The number of hydrogen-bond donors (Lipinski definition) is 2. The van der Waals surface area contributed by atoms with Crippen molar-refractivity contribution in [2.45, 2.75) is 61.7 Å². The monoisotopic (exact) mass is 777 g/mol. The van der Waals surface area contributed by atoms with Gasteiger partial charge in [-0.3, -0.25) is 9.69 Å². The summed E-state index contributed by atoms with van der Waals surface area (Å²) in [4.78, 5) is 31.3. The first-order valence-electron chi connectivity index (χ1n) is 16.7. The topological polar surface area (TPSA) is 101 Å². The van der Waals surface area contributed by atoms with Crippen LogP contribution >= 0.6 is 46.4 Å². The molecule has 2 aliphatic rings. The lowest BCUT2D eigenvalue weighted by Gasteiger charge is -2.48. The number of fused-ring (bicyclic) bond motifs is 2. The quantitative estimate of drug-likeness (QED) is 0.152. The van der Waals surface area contributed by atoms with E-state index in [0.717, 1.165) is 22.3 Å². The zero-order valence-electron chi connectivity index (χ0n) is 29.2. The summed E-state index contributed by atoms with van der Waals surface area (Å²) in [6, 6.07) is 19.4. The molecular formula is C38H43Cl4N3O6. The lowest BCUT2D eigenvalue weighted by Crippen LogP contribution is -2.64. The molecule has 13 heteroatoms. The predicted octanol–water partition coefficient (Wildman–Crippen LogP) is 7.69. The number of piperazine rings is 1. The van der Waals surface area contributed by atoms with Gasteiger partial charge in [-0.2, -0.15) is 0 Å². The number of likely N-dealkylation sites (N-methyl/N-ethyl adjacent to an activating group) is 1. The molecule has 0 saturated carbocycles. The van der Waals surface area contributed by atoms with Gasteiger partial charge in [0.1, 0.15) is 24.7 Å². The van der Waals surface area contributed by atoms with Crippen LogP contribution in [0.3, 0.4) is 0 Å². The van der Waals surface area contributed by atoms with E-state index in [0.29, 0.717) is 60.4 Å². The minimum absolute atomic E-state index is 0.0379. The van der Waals surface area contributed by atoms with Gasteiger partial charge in [0.15, 0.2) is 5.60 Å². The number of alkyl halides is 3. The number of aliphatic hydroxyl groups is 1. The fourth-order valence-corrected chi connectivity index (χ4v) is 6.59. The third kappa shape index (κ3) is 9.07. The predicted molar refractivity (Wildman–Crippen MR) is 202 cm³/mol. The average molecular weight is 780 g/mol. The maximum atomic E-state index is 14.4. The molecule has 0 aliphatic carbocycles. The number of carbonyl (C=O) groups excluding carboxylic acids is 2. The summed E-state index contributed by atoms with van der Waals surface area (Å²) >= 11 is 24.8. The van der Waals surface area contributed by atoms with Crippen LogP contribution in [0.4, 0.5) is 4.79 Å². The molecule has 9 nitrogen and oxygen atoms in total. The Morgan fingerprint density at radius 1 is 0.980 bits per heavy atom. The Balaban J connectivity index is 1.40. The summed E-state index contributed by atoms with van der Waals surface area (Å²) in [5.41, 5.74) is 3.44. The molecule has 3 atom stereocenters. The van der Waals surface area contributed by atoms with E-state index in [1.165, 1.54) is 18.7 Å². The van der Waals surface area contributed by atoms with Gasteiger partial charge in [-0.15, -0.1) is 0 Å². The number of amides is 2. The van der Waals surface area contributed by atoms with E-state index in [-0.39, 0.29) is 18.5 Å². The summed E-state index contributed by atoms with van der Waals surface area (Å²) < 4.78 is 15.7. The minimum Gasteiger partial charge on any atom is -0.490 e. The molecule has 3 aromatic carbocycles. The number of halogens is 4. The molecule has 51 heavy (non-hydrogen) atoms. The van der Waals surface area contributed by atoms with Gasteiger partial charge in [0, 0.05) is 25.7 Å². The lowest BCUT2D eigenvalue weighted by atomic mass is 9.82. The first-order valence-corrected chi connectivity index (χ1v) is 18.2. The van der Waals surface area contributed by atoms with Crippen molar-refractivity contribution in [3.05, 3.63) is 99.6 Å². The summed E-state index contributed by atoms with van der Waals surface area (Å²) in [5.74, 6) is 0.908. The van der Waals surface area contributed by atoms with Crippen molar-refractivity contribution < 1.29 is 28.9 Å². The normalized spacial score (nSPS) is 18.3. The number of rotatable bonds is 11. The van der Waals surface area contributed by atoms with E-state index in [1.807, 2.05) is 80.6 Å². The van der Waals surface area contributed by atoms with Crippen molar-refractivity contribution in [1.82, 2.24) is 15.1 Å². The van der Waals surface area contributed by atoms with E-state index in [2.05, 4.69) is 5.32 Å². The summed E-state index contributed by atoms with van der Waals surface area (Å²) in [6.45, 7) is 8.45. The first-order chi connectivity index (χ1) is 24.1. The van der Waals surface area contributed by atoms with Crippen molar-refractivity contribution >= 4 is 64.0 Å². The molecule has 0 radical (unpaired) electrons. The van der Waals surface area contributed by atoms with Crippen LogP contribution in [0.5, 0.6) is 11.5 Å². The number of nitrogens with zero attached hydrogens (tertiary/aromatic N) is 2. The van der Waals surface area contributed by atoms with Gasteiger partial charge in [0.05, 0.1) is 29.8 Å². The van der Waals surface area contributed by atoms with Crippen molar-refractivity contribution in [1.29, 1.82) is 0 Å². The second-order valence-electron chi connectivity index (χ2n) is 13.4. The molecule has 274 valence electrons. The van der Waals surface area contributed by atoms with Crippen LogP contribution in [-0.4, -0.2) is 88.3 Å². The van der Waals surface area contributed by atoms with Gasteiger partial charge in [0.2, 0.25) is 3.79 Å². The van der Waals surface area contributed by atoms with Gasteiger partial charge >= 0.3 is 6.09 Å². The third-order valence-electron chi connectivity index (χ3n) is 9.35. The van der Waals surface area contributed by atoms with Crippen LogP contribution in [0.25, 0.3) is 5.57 Å². The Morgan fingerprint density at radius 3 is 2.29 bits per heavy atom. The van der Waals surface area contributed by atoms with Crippen molar-refractivity contribution in [3.63, 3.8) is 0 Å². The third-order valence-corrected chi connectivity index (χ3v) is 11.0. The van der Waals surface area contributed by atoms with Crippen LogP contribution in [0.15, 0.2) is 72.3 Å². The summed E-state index contributed by atoms with van der Waals surface area (Å²) in [6.07, 6.45) is -1.25. The highest BCUT2D eigenvalue weighted by molar-refractivity contribution is 6.68. The number of nitrogens with one attached hydrogen (secondary N) is 1. The van der Waals surface area contributed by atoms with E-state index < -0.39 is 27.6 Å². The minimum atomic E-state index is -1.89. The Labute approximate surface area is 319 Å². The van der Waals surface area contributed by atoms with Crippen LogP contribution in [0.2, 0.25) is 5.02 Å². The molecule has 2 aliphatic heterocycles. The molecule has 2 bridgehead atoms. The Kier molecular flexibility index (Phi) is 12.4. The van der Waals surface area contributed by atoms with E-state index in [9.17, 15) is 14.7 Å². The molecule has 1 fully saturated rings. The Bertz CT molecular complexity index is 1750. The number of hydrogen-bond acceptors (Lipinski definition) is 7. The molecule has 3 aromatic rings. The largest absolute Gasteiger partial charge is 0.490 e. The maximum absolute atomic E-state index is 14.4. The highest BCUT2D eigenvalue weighted by atomic mass is 35.6. The highest BCUT2D eigenvalue weighted by Gasteiger charge is 2.50. The van der Waals surface area contributed by atoms with Gasteiger partial charge in [-0.05, 0) is 86.2 Å². The SMILES string of the molecule is Cc1cc(Cl)c(OCCOc2ccc(C3=C(C(=O)N(C)C[C@@H](O)c4ccccc4)C4CNCC(C3)N4C(=O)OC(C)(C)C(Cl)(Cl)Cl)cc2)cc1C. The molecule has 1 saturated heterocycles. The van der Waals surface area contributed by atoms with Gasteiger partial charge in [0.25, 0.3) is 5.91 Å². The van der Waals surface area contributed by atoms with Crippen molar-refractivity contribution in [3.8, 4) is 11.5 Å².